The van der Waals surface area contributed by atoms with E-state index in [2.05, 4.69) is 20.1 Å². The van der Waals surface area contributed by atoms with E-state index in [1.54, 1.807) is 39.2 Å². The Morgan fingerprint density at radius 3 is 2.57 bits per heavy atom. The first kappa shape index (κ1) is 44.2. The van der Waals surface area contributed by atoms with E-state index in [4.69, 9.17) is 33.3 Å². The summed E-state index contributed by atoms with van der Waals surface area (Å²) in [5.74, 6) is -4.09. The number of carbonyl (C=O) groups is 3. The number of Topliss-reactive ketones (excluding diaryl/α,β-unsaturated/α-hetero) is 1. The maximum absolute atomic E-state index is 14.9. The molecular weight excluding hydrogens is 777 g/mol. The van der Waals surface area contributed by atoms with Crippen LogP contribution in [0.15, 0.2) is 29.7 Å². The number of aromatic nitrogens is 3. The number of ether oxygens (including phenoxy) is 6. The predicted molar refractivity (Wildman–Crippen MR) is 216 cm³/mol. The molecular formula is C43H62N6O11. The molecule has 17 heteroatoms. The van der Waals surface area contributed by atoms with Gasteiger partial charge in [-0.1, -0.05) is 32.9 Å². The minimum Gasteiger partial charge on any atom is -0.458 e. The molecule has 330 valence electrons. The summed E-state index contributed by atoms with van der Waals surface area (Å²) in [4.78, 5) is 66.3. The zero-order chi connectivity index (χ0) is 43.3. The number of carbonyl (C=O) groups excluding carboxylic acids is 3. The lowest BCUT2D eigenvalue weighted by molar-refractivity contribution is -0.302. The van der Waals surface area contributed by atoms with E-state index in [9.17, 15) is 19.5 Å². The second-order valence-corrected chi connectivity index (χ2v) is 18.2. The molecule has 2 aromatic rings. The molecule has 5 aliphatic rings. The molecule has 5 saturated heterocycles. The summed E-state index contributed by atoms with van der Waals surface area (Å²) in [5.41, 5.74) is -0.609. The fourth-order valence-corrected chi connectivity index (χ4v) is 10.3. The summed E-state index contributed by atoms with van der Waals surface area (Å²) in [6.45, 7) is 14.7. The smallest absolute Gasteiger partial charge is 0.411 e. The first-order chi connectivity index (χ1) is 28.4. The summed E-state index contributed by atoms with van der Waals surface area (Å²) >= 11 is 0. The van der Waals surface area contributed by atoms with Crippen molar-refractivity contribution in [1.82, 2.24) is 24.8 Å². The van der Waals surface area contributed by atoms with Crippen molar-refractivity contribution in [2.24, 2.45) is 34.7 Å². The summed E-state index contributed by atoms with van der Waals surface area (Å²) in [6.07, 6.45) is -1.24. The van der Waals surface area contributed by atoms with E-state index in [-0.39, 0.29) is 50.7 Å². The number of pyridine rings is 1. The summed E-state index contributed by atoms with van der Waals surface area (Å²) in [6, 6.07) is 2.47. The molecule has 0 saturated carbocycles. The monoisotopic (exact) mass is 838 g/mol. The largest absolute Gasteiger partial charge is 0.458 e. The van der Waals surface area contributed by atoms with E-state index < -0.39 is 89.6 Å². The van der Waals surface area contributed by atoms with Gasteiger partial charge in [-0.25, -0.2) is 19.7 Å². The molecule has 5 aliphatic heterocycles. The number of ketones is 1. The van der Waals surface area contributed by atoms with Gasteiger partial charge in [-0.05, 0) is 73.2 Å². The maximum atomic E-state index is 14.9. The van der Waals surface area contributed by atoms with Crippen LogP contribution in [0, 0.1) is 29.6 Å². The van der Waals surface area contributed by atoms with Crippen molar-refractivity contribution in [3.63, 3.8) is 0 Å². The number of amides is 1. The molecule has 0 radical (unpaired) electrons. The Hall–Kier alpha value is -3.87. The average molecular weight is 839 g/mol. The van der Waals surface area contributed by atoms with Crippen molar-refractivity contribution in [3.05, 3.63) is 30.2 Å². The topological polar surface area (TPSA) is 194 Å². The van der Waals surface area contributed by atoms with Crippen LogP contribution in [-0.2, 0) is 49.5 Å². The van der Waals surface area contributed by atoms with Crippen molar-refractivity contribution < 1.29 is 52.7 Å². The average Bonchev–Trinajstić information content (AvgIpc) is 3.49. The summed E-state index contributed by atoms with van der Waals surface area (Å²) in [7, 11) is 3.82. The Bertz CT molecular complexity index is 1940. The number of rotatable bonds is 7. The van der Waals surface area contributed by atoms with E-state index in [1.807, 2.05) is 59.7 Å². The summed E-state index contributed by atoms with van der Waals surface area (Å²) < 4.78 is 39.8. The van der Waals surface area contributed by atoms with Crippen molar-refractivity contribution in [1.29, 1.82) is 0 Å². The predicted octanol–water partition coefficient (Wildman–Crippen LogP) is 3.93. The van der Waals surface area contributed by atoms with Gasteiger partial charge in [0.1, 0.15) is 23.5 Å². The Morgan fingerprint density at radius 1 is 1.07 bits per heavy atom. The number of cyclic esters (lactones) is 1. The number of aliphatic hydroxyl groups is 1. The highest BCUT2D eigenvalue weighted by Crippen LogP contribution is 2.45. The Labute approximate surface area is 351 Å². The van der Waals surface area contributed by atoms with Gasteiger partial charge in [0, 0.05) is 35.9 Å². The molecule has 5 fully saturated rings. The highest BCUT2D eigenvalue weighted by atomic mass is 16.7. The highest BCUT2D eigenvalue weighted by molar-refractivity contribution is 5.92. The molecule has 1 N–H and O–H groups in total. The van der Waals surface area contributed by atoms with Crippen LogP contribution in [0.4, 0.5) is 4.79 Å². The number of oxime groups is 1. The molecule has 15 atom stereocenters. The first-order valence-corrected chi connectivity index (χ1v) is 21.4. The second-order valence-electron chi connectivity index (χ2n) is 18.2. The van der Waals surface area contributed by atoms with Crippen molar-refractivity contribution >= 4 is 34.7 Å². The fraction of sp³-hybridized carbons (Fsp3) is 0.744. The van der Waals surface area contributed by atoms with Crippen LogP contribution in [0.2, 0.25) is 0 Å². The highest BCUT2D eigenvalue weighted by Gasteiger charge is 2.61. The quantitative estimate of drug-likeness (QED) is 0.311. The number of hydrogen-bond acceptors (Lipinski definition) is 16. The van der Waals surface area contributed by atoms with Crippen LogP contribution in [0.1, 0.15) is 80.3 Å². The third-order valence-electron chi connectivity index (χ3n) is 13.5. The van der Waals surface area contributed by atoms with Crippen LogP contribution in [-0.4, -0.2) is 147 Å². The minimum absolute atomic E-state index is 0.0158. The SMILES string of the molecule is CC[C@H]1OC(=O)[C@H](C)[C@H]2OCC3COC(C)(C[C@@H](C)C(=O)[C@H](C)[C@@H]4N(C/C3=N/OCc3cnc5ncccc5n3)C(=O)OC41C)[C@H](O[C@@H]1O[C@H](C)C[C@H](N(C)C)[C@H]1O)[C@H]2C. The van der Waals surface area contributed by atoms with Crippen molar-refractivity contribution in [3.8, 4) is 0 Å². The third kappa shape index (κ3) is 8.37. The maximum Gasteiger partial charge on any atom is 0.411 e. The third-order valence-corrected chi connectivity index (χ3v) is 13.5. The van der Waals surface area contributed by atoms with Crippen molar-refractivity contribution in [2.45, 2.75) is 141 Å². The van der Waals surface area contributed by atoms with Crippen LogP contribution in [0.3, 0.4) is 0 Å². The number of hydrogen-bond donors (Lipinski definition) is 1. The molecule has 0 aliphatic carbocycles. The van der Waals surface area contributed by atoms with E-state index in [0.717, 1.165) is 0 Å². The standard InChI is InChI=1S/C43H62N6O11/c1-11-32-43(8)36-24(4)33(50)22(2)16-42(7)37(59-40-34(51)31(48(9)10)15-23(3)57-40)25(5)35(26(6)39(52)58-32)54-19-27(20-55-42)30(18-49(36)41(53)60-43)47-56-21-28-17-45-38-29(46-28)13-12-14-44-38/h12-14,17,22-27,31-32,34-37,40,51H,11,15-16,18-21H2,1-10H3/b47-30-/t22-,23-,24+,25+,26-,27?,31+,32-,34-,35+,36+,37-,40+,42?,43?/m1/s1. The van der Waals surface area contributed by atoms with Crippen LogP contribution < -0.4 is 0 Å². The Morgan fingerprint density at radius 2 is 1.83 bits per heavy atom. The van der Waals surface area contributed by atoms with Gasteiger partial charge in [0.15, 0.2) is 24.1 Å². The normalized spacial score (nSPS) is 41.1. The zero-order valence-electron chi connectivity index (χ0n) is 36.5. The van der Waals surface area contributed by atoms with Crippen LogP contribution >= 0.6 is 0 Å². The van der Waals surface area contributed by atoms with Gasteiger partial charge in [-0.2, -0.15) is 0 Å². The number of aliphatic hydroxyl groups excluding tert-OH is 1. The number of esters is 1. The van der Waals surface area contributed by atoms with E-state index in [1.165, 1.54) is 4.90 Å². The molecule has 1 amide bonds. The van der Waals surface area contributed by atoms with Gasteiger partial charge in [-0.15, -0.1) is 0 Å². The van der Waals surface area contributed by atoms with Crippen LogP contribution in [0.25, 0.3) is 11.2 Å². The van der Waals surface area contributed by atoms with Gasteiger partial charge in [0.25, 0.3) is 0 Å². The lowest BCUT2D eigenvalue weighted by atomic mass is 9.73. The lowest BCUT2D eigenvalue weighted by Gasteiger charge is -2.48. The number of fused-ring (bicyclic) bond motifs is 6. The molecule has 6 bridgehead atoms. The molecule has 2 aromatic heterocycles. The Kier molecular flexibility index (Phi) is 12.9. The first-order valence-electron chi connectivity index (χ1n) is 21.4. The van der Waals surface area contributed by atoms with Crippen LogP contribution in [0.5, 0.6) is 0 Å². The van der Waals surface area contributed by atoms with Gasteiger partial charge in [0.05, 0.1) is 73.2 Å². The molecule has 0 aromatic carbocycles. The van der Waals surface area contributed by atoms with Gasteiger partial charge < -0.3 is 43.3 Å². The molecule has 0 spiro atoms. The van der Waals surface area contributed by atoms with Gasteiger partial charge >= 0.3 is 12.1 Å². The molecule has 7 heterocycles. The van der Waals surface area contributed by atoms with Gasteiger partial charge in [-0.3, -0.25) is 14.5 Å². The Balaban J connectivity index is 1.36. The molecule has 17 nitrogen and oxygen atoms in total. The number of nitrogens with zero attached hydrogens (tertiary/aromatic N) is 6. The second kappa shape index (κ2) is 17.5. The lowest BCUT2D eigenvalue weighted by Crippen LogP contribution is -2.61. The van der Waals surface area contributed by atoms with E-state index >= 15 is 0 Å². The fourth-order valence-electron chi connectivity index (χ4n) is 10.3. The van der Waals surface area contributed by atoms with E-state index in [0.29, 0.717) is 35.4 Å². The summed E-state index contributed by atoms with van der Waals surface area (Å²) in [5, 5.41) is 16.4. The van der Waals surface area contributed by atoms with Gasteiger partial charge in [0.2, 0.25) is 0 Å². The molecule has 7 rings (SSSR count). The minimum atomic E-state index is -1.41. The van der Waals surface area contributed by atoms with Crippen molar-refractivity contribution in [2.75, 3.05) is 33.9 Å². The number of likely N-dealkylation sites (N-methyl/N-ethyl adjacent to an activating group) is 1. The zero-order valence-corrected chi connectivity index (χ0v) is 36.5. The molecule has 60 heavy (non-hydrogen) atoms. The molecule has 3 unspecified atom stereocenters.